The highest BCUT2D eigenvalue weighted by Crippen LogP contribution is 2.41. The number of aromatic nitrogens is 3. The van der Waals surface area contributed by atoms with Crippen LogP contribution < -0.4 is 0 Å². The number of rotatable bonds is 6. The minimum absolute atomic E-state index is 0.594. The van der Waals surface area contributed by atoms with Crippen molar-refractivity contribution < 1.29 is 4.42 Å². The first kappa shape index (κ1) is 32.7. The molecule has 0 N–H and O–H groups in total. The minimum atomic E-state index is 0.594. The third kappa shape index (κ3) is 5.83. The van der Waals surface area contributed by atoms with Crippen LogP contribution in [0.25, 0.3) is 111 Å². The number of furan rings is 1. The zero-order chi connectivity index (χ0) is 37.7. The van der Waals surface area contributed by atoms with Crippen molar-refractivity contribution in [3.63, 3.8) is 0 Å². The summed E-state index contributed by atoms with van der Waals surface area (Å²) in [4.78, 5) is 15.4. The van der Waals surface area contributed by atoms with Crippen molar-refractivity contribution in [2.75, 3.05) is 0 Å². The predicted molar refractivity (Wildman–Crippen MR) is 235 cm³/mol. The van der Waals surface area contributed by atoms with Gasteiger partial charge in [0.2, 0.25) is 0 Å². The molecule has 0 aliphatic heterocycles. The zero-order valence-electron chi connectivity index (χ0n) is 30.8. The van der Waals surface area contributed by atoms with Crippen LogP contribution in [0.15, 0.2) is 205 Å². The third-order valence-corrected chi connectivity index (χ3v) is 10.9. The summed E-state index contributed by atoms with van der Waals surface area (Å²) in [5.74, 6) is 1.83. The number of nitrogens with zero attached hydrogens (tertiary/aromatic N) is 3. The van der Waals surface area contributed by atoms with E-state index in [2.05, 4.69) is 152 Å². The Labute approximate surface area is 329 Å². The average molecular weight is 728 g/mol. The molecule has 0 saturated carbocycles. The van der Waals surface area contributed by atoms with Gasteiger partial charge in [0.1, 0.15) is 11.2 Å². The predicted octanol–water partition coefficient (Wildman–Crippen LogP) is 14.1. The van der Waals surface area contributed by atoms with Crippen molar-refractivity contribution in [1.29, 1.82) is 0 Å². The molecule has 0 radical (unpaired) electrons. The van der Waals surface area contributed by atoms with E-state index in [1.54, 1.807) is 0 Å². The quantitative estimate of drug-likeness (QED) is 0.171. The van der Waals surface area contributed by atoms with Gasteiger partial charge in [-0.1, -0.05) is 170 Å². The second-order valence-corrected chi connectivity index (χ2v) is 14.4. The fourth-order valence-electron chi connectivity index (χ4n) is 8.14. The molecule has 0 aliphatic rings. The van der Waals surface area contributed by atoms with Crippen LogP contribution in [0.2, 0.25) is 0 Å². The van der Waals surface area contributed by atoms with Crippen molar-refractivity contribution in [3.8, 4) is 67.5 Å². The molecule has 4 heteroatoms. The molecular weight excluding hydrogens is 695 g/mol. The van der Waals surface area contributed by atoms with Gasteiger partial charge in [0.05, 0.1) is 0 Å². The first-order valence-electron chi connectivity index (χ1n) is 19.2. The van der Waals surface area contributed by atoms with Crippen molar-refractivity contribution in [2.45, 2.75) is 0 Å². The molecule has 2 heterocycles. The summed E-state index contributed by atoms with van der Waals surface area (Å²) in [6, 6.07) is 69.9. The van der Waals surface area contributed by atoms with Crippen molar-refractivity contribution >= 4 is 43.5 Å². The highest BCUT2D eigenvalue weighted by Gasteiger charge is 2.19. The van der Waals surface area contributed by atoms with Gasteiger partial charge in [-0.25, -0.2) is 15.0 Å². The van der Waals surface area contributed by atoms with Gasteiger partial charge in [0.15, 0.2) is 17.5 Å². The van der Waals surface area contributed by atoms with Crippen LogP contribution in [-0.2, 0) is 0 Å². The highest BCUT2D eigenvalue weighted by atomic mass is 16.3. The van der Waals surface area contributed by atoms with Gasteiger partial charge in [0, 0.05) is 27.5 Å². The second kappa shape index (κ2) is 13.6. The molecule has 0 spiro atoms. The fourth-order valence-corrected chi connectivity index (χ4v) is 8.14. The molecule has 9 aromatic carbocycles. The summed E-state index contributed by atoms with van der Waals surface area (Å²) in [5, 5.41) is 6.69. The van der Waals surface area contributed by atoms with E-state index >= 15 is 0 Å². The monoisotopic (exact) mass is 727 g/mol. The molecule has 0 fully saturated rings. The first-order valence-corrected chi connectivity index (χ1v) is 19.2. The van der Waals surface area contributed by atoms with Crippen molar-refractivity contribution in [3.05, 3.63) is 200 Å². The molecule has 0 atom stereocenters. The Balaban J connectivity index is 1.05. The van der Waals surface area contributed by atoms with Gasteiger partial charge in [-0.15, -0.1) is 0 Å². The minimum Gasteiger partial charge on any atom is -0.456 e. The van der Waals surface area contributed by atoms with Crippen LogP contribution in [0.3, 0.4) is 0 Å². The van der Waals surface area contributed by atoms with Crippen LogP contribution in [0.1, 0.15) is 0 Å². The summed E-state index contributed by atoms with van der Waals surface area (Å²) >= 11 is 0. The summed E-state index contributed by atoms with van der Waals surface area (Å²) in [6.07, 6.45) is 0. The van der Waals surface area contributed by atoms with Crippen molar-refractivity contribution in [1.82, 2.24) is 15.0 Å². The maximum atomic E-state index is 6.64. The Morgan fingerprint density at radius 1 is 0.281 bits per heavy atom. The molecule has 0 aliphatic carbocycles. The lowest BCUT2D eigenvalue weighted by atomic mass is 9.92. The van der Waals surface area contributed by atoms with Crippen LogP contribution in [-0.4, -0.2) is 15.0 Å². The maximum absolute atomic E-state index is 6.64. The van der Waals surface area contributed by atoms with E-state index in [0.717, 1.165) is 60.5 Å². The molecular formula is C53H33N3O. The van der Waals surface area contributed by atoms with Crippen LogP contribution in [0.4, 0.5) is 0 Å². The summed E-state index contributed by atoms with van der Waals surface area (Å²) < 4.78 is 6.64. The standard InChI is InChI=1S/C53H33N3O/c1-4-13-34(14-5-1)38-25-23-35-24-26-40(32-41(35)31-38)52-54-51(37-17-8-3-9-18-37)55-53(56-52)47-21-12-22-48-50(47)46-28-27-39(33-49(46)57-48)43-30-29-42(36-15-6-2-7-16-36)44-19-10-11-20-45(43)44/h1-33H. The van der Waals surface area contributed by atoms with Gasteiger partial charge in [-0.3, -0.25) is 0 Å². The molecule has 0 unspecified atom stereocenters. The SMILES string of the molecule is c1ccc(-c2ccc3ccc(-c4nc(-c5ccccc5)nc(-c5cccc6oc7cc(-c8ccc(-c9ccccc9)c9ccccc89)ccc7c56)n4)cc3c2)cc1. The van der Waals surface area contributed by atoms with E-state index in [-0.39, 0.29) is 0 Å². The van der Waals surface area contributed by atoms with Gasteiger partial charge in [-0.05, 0) is 85.3 Å². The molecule has 4 nitrogen and oxygen atoms in total. The lowest BCUT2D eigenvalue weighted by Crippen LogP contribution is -2.00. The van der Waals surface area contributed by atoms with Crippen LogP contribution in [0.5, 0.6) is 0 Å². The molecule has 11 aromatic rings. The number of hydrogen-bond donors (Lipinski definition) is 0. The van der Waals surface area contributed by atoms with E-state index in [4.69, 9.17) is 19.4 Å². The maximum Gasteiger partial charge on any atom is 0.164 e. The Kier molecular flexibility index (Phi) is 7.78. The molecule has 57 heavy (non-hydrogen) atoms. The Morgan fingerprint density at radius 3 is 1.56 bits per heavy atom. The Bertz CT molecular complexity index is 3280. The molecule has 11 rings (SSSR count). The molecule has 0 saturated heterocycles. The fraction of sp³-hybridized carbons (Fsp3) is 0. The highest BCUT2D eigenvalue weighted by molar-refractivity contribution is 6.13. The second-order valence-electron chi connectivity index (χ2n) is 14.4. The van der Waals surface area contributed by atoms with E-state index in [0.29, 0.717) is 17.5 Å². The van der Waals surface area contributed by atoms with E-state index in [1.807, 2.05) is 48.5 Å². The van der Waals surface area contributed by atoms with Gasteiger partial charge >= 0.3 is 0 Å². The summed E-state index contributed by atoms with van der Waals surface area (Å²) in [5.41, 5.74) is 11.4. The Hall–Kier alpha value is -7.69. The van der Waals surface area contributed by atoms with Gasteiger partial charge in [-0.2, -0.15) is 0 Å². The topological polar surface area (TPSA) is 51.8 Å². The lowest BCUT2D eigenvalue weighted by molar-refractivity contribution is 0.669. The number of benzene rings is 9. The summed E-state index contributed by atoms with van der Waals surface area (Å²) in [7, 11) is 0. The van der Waals surface area contributed by atoms with E-state index < -0.39 is 0 Å². The van der Waals surface area contributed by atoms with Gasteiger partial charge in [0.25, 0.3) is 0 Å². The third-order valence-electron chi connectivity index (χ3n) is 10.9. The molecule has 2 aromatic heterocycles. The number of hydrogen-bond acceptors (Lipinski definition) is 4. The largest absolute Gasteiger partial charge is 0.456 e. The number of fused-ring (bicyclic) bond motifs is 5. The normalized spacial score (nSPS) is 11.5. The van der Waals surface area contributed by atoms with E-state index in [1.165, 1.54) is 33.0 Å². The average Bonchev–Trinajstić information content (AvgIpc) is 3.67. The Morgan fingerprint density at radius 2 is 0.842 bits per heavy atom. The van der Waals surface area contributed by atoms with Crippen LogP contribution >= 0.6 is 0 Å². The first-order chi connectivity index (χ1) is 28.2. The summed E-state index contributed by atoms with van der Waals surface area (Å²) in [6.45, 7) is 0. The smallest absolute Gasteiger partial charge is 0.164 e. The zero-order valence-corrected chi connectivity index (χ0v) is 30.8. The molecule has 0 amide bonds. The van der Waals surface area contributed by atoms with E-state index in [9.17, 15) is 0 Å². The molecule has 0 bridgehead atoms. The van der Waals surface area contributed by atoms with Crippen molar-refractivity contribution in [2.24, 2.45) is 0 Å². The van der Waals surface area contributed by atoms with Gasteiger partial charge < -0.3 is 4.42 Å². The van der Waals surface area contributed by atoms with Crippen LogP contribution in [0, 0.1) is 0 Å². The lowest BCUT2D eigenvalue weighted by Gasteiger charge is -2.12. The molecule has 266 valence electrons.